The fraction of sp³-hybridized carbons (Fsp3) is 0.463. The van der Waals surface area contributed by atoms with Gasteiger partial charge in [-0.1, -0.05) is 19.9 Å². The van der Waals surface area contributed by atoms with Crippen LogP contribution < -0.4 is 26.0 Å². The molecule has 12 rings (SSSR count). The Morgan fingerprint density at radius 1 is 0.817 bits per heavy atom. The number of anilines is 4. The van der Waals surface area contributed by atoms with Crippen molar-refractivity contribution in [1.29, 1.82) is 0 Å². The molecule has 0 saturated carbocycles. The molecule has 1 aliphatic carbocycles. The number of imide groups is 1. The van der Waals surface area contributed by atoms with E-state index in [0.717, 1.165) is 76.1 Å². The molecule has 3 saturated heterocycles. The highest BCUT2D eigenvalue weighted by Crippen LogP contribution is 2.41. The predicted octanol–water partition coefficient (Wildman–Crippen LogP) is 4.53. The first-order valence-corrected chi connectivity index (χ1v) is 25.3. The van der Waals surface area contributed by atoms with Gasteiger partial charge in [-0.2, -0.15) is 0 Å². The Balaban J connectivity index is 0.690. The third-order valence-electron chi connectivity index (χ3n) is 16.6. The molecular weight excluding hydrogens is 899 g/mol. The lowest BCUT2D eigenvalue weighted by Gasteiger charge is -2.49. The van der Waals surface area contributed by atoms with Crippen molar-refractivity contribution in [2.75, 3.05) is 47.8 Å². The van der Waals surface area contributed by atoms with Gasteiger partial charge in [0, 0.05) is 119 Å². The number of carbonyl (C=O) groups excluding carboxylic acids is 4. The van der Waals surface area contributed by atoms with E-state index in [-0.39, 0.29) is 53.7 Å². The van der Waals surface area contributed by atoms with E-state index >= 15 is 0 Å². The number of nitrogens with zero attached hydrogens (tertiary/aromatic N) is 9. The number of aromatic nitrogens is 4. The molecule has 17 heteroatoms. The zero-order chi connectivity index (χ0) is 49.0. The van der Waals surface area contributed by atoms with E-state index in [1.54, 1.807) is 35.3 Å². The van der Waals surface area contributed by atoms with Crippen molar-refractivity contribution >= 4 is 46.6 Å². The molecule has 4 atom stereocenters. The zero-order valence-corrected chi connectivity index (χ0v) is 40.9. The van der Waals surface area contributed by atoms with Gasteiger partial charge in [0.2, 0.25) is 11.8 Å². The Morgan fingerprint density at radius 3 is 2.46 bits per heavy atom. The van der Waals surface area contributed by atoms with Gasteiger partial charge < -0.3 is 29.4 Å². The number of fused-ring (bicyclic) bond motifs is 6. The van der Waals surface area contributed by atoms with E-state index in [4.69, 9.17) is 4.98 Å². The molecule has 6 aliphatic heterocycles. The summed E-state index contributed by atoms with van der Waals surface area (Å²) < 4.78 is 3.68. The second kappa shape index (κ2) is 17.3. The van der Waals surface area contributed by atoms with Crippen molar-refractivity contribution in [3.05, 3.63) is 116 Å². The molecule has 368 valence electrons. The summed E-state index contributed by atoms with van der Waals surface area (Å²) in [6.07, 6.45) is 10.8. The molecule has 17 nitrogen and oxygen atoms in total. The molecule has 5 aromatic rings. The van der Waals surface area contributed by atoms with E-state index in [1.165, 1.54) is 27.0 Å². The third kappa shape index (κ3) is 7.92. The molecule has 7 aliphatic rings. The number of hydrogen-bond acceptors (Lipinski definition) is 12. The maximum atomic E-state index is 14.0. The monoisotopic (exact) mass is 959 g/mol. The van der Waals surface area contributed by atoms with Crippen LogP contribution in [0.5, 0.6) is 0 Å². The molecule has 0 spiro atoms. The molecule has 10 heterocycles. The van der Waals surface area contributed by atoms with Crippen molar-refractivity contribution in [2.24, 2.45) is 12.5 Å². The number of aliphatic hydroxyl groups is 1. The van der Waals surface area contributed by atoms with Crippen LogP contribution in [-0.2, 0) is 62.1 Å². The predicted molar refractivity (Wildman–Crippen MR) is 267 cm³/mol. The first kappa shape index (κ1) is 45.4. The molecule has 4 aromatic heterocycles. The van der Waals surface area contributed by atoms with Crippen molar-refractivity contribution in [3.63, 3.8) is 0 Å². The van der Waals surface area contributed by atoms with E-state index in [2.05, 4.69) is 73.9 Å². The molecule has 1 aromatic carbocycles. The Labute approximate surface area is 412 Å². The van der Waals surface area contributed by atoms with Gasteiger partial charge in [-0.25, -0.2) is 9.97 Å². The minimum Gasteiger partial charge on any atom is -0.392 e. The van der Waals surface area contributed by atoms with Crippen LogP contribution in [-0.4, -0.2) is 119 Å². The van der Waals surface area contributed by atoms with Crippen molar-refractivity contribution in [1.82, 2.24) is 39.1 Å². The van der Waals surface area contributed by atoms with Gasteiger partial charge in [-0.15, -0.1) is 0 Å². The van der Waals surface area contributed by atoms with Crippen LogP contribution in [0.25, 0.3) is 11.1 Å². The van der Waals surface area contributed by atoms with E-state index in [0.29, 0.717) is 83.4 Å². The smallest absolute Gasteiger partial charge is 0.276 e. The standard InChI is InChI=1S/C54H61N11O6/c1-31-26-61(37-10-12-60-28-34-17-35-29-65(44-6-8-48(67)58-50(44)68)51(69)41(35)19-32(34)18-39(60)22-37)13-14-62(31)38-5-7-47(56-25-38)57-43-20-36(27-59(4)52(43)70)40-9-11-55-49(42(40)30-66)64-16-15-63-45(53(64)71)21-33-23-54(2,3)24-46(33)63/h5,7,9,11,17,19-21,25,27,31,37,39,44,66H,6,8,10,12-16,18,22-24,26,28-30H2,1-4H3,(H,56,57)(H,58,67,68)/t31-,37-,39+,44?/m0/s1. The number of aryl methyl sites for hydroxylation is 1. The quantitative estimate of drug-likeness (QED) is 0.185. The van der Waals surface area contributed by atoms with Gasteiger partial charge in [0.05, 0.1) is 18.5 Å². The highest BCUT2D eigenvalue weighted by Gasteiger charge is 2.43. The van der Waals surface area contributed by atoms with Gasteiger partial charge in [0.25, 0.3) is 17.4 Å². The fourth-order valence-electron chi connectivity index (χ4n) is 13.0. The van der Waals surface area contributed by atoms with E-state index in [1.807, 2.05) is 24.4 Å². The first-order valence-electron chi connectivity index (χ1n) is 25.3. The topological polar surface area (TPSA) is 181 Å². The lowest BCUT2D eigenvalue weighted by atomic mass is 9.84. The summed E-state index contributed by atoms with van der Waals surface area (Å²) >= 11 is 0. The molecule has 0 bridgehead atoms. The summed E-state index contributed by atoms with van der Waals surface area (Å²) in [5.41, 5.74) is 10.5. The highest BCUT2D eigenvalue weighted by molar-refractivity contribution is 6.07. The van der Waals surface area contributed by atoms with Crippen LogP contribution in [0, 0.1) is 5.41 Å². The van der Waals surface area contributed by atoms with Crippen LogP contribution >= 0.6 is 0 Å². The van der Waals surface area contributed by atoms with Gasteiger partial charge in [-0.3, -0.25) is 44.0 Å². The molecule has 1 unspecified atom stereocenters. The Kier molecular flexibility index (Phi) is 11.1. The fourth-order valence-corrected chi connectivity index (χ4v) is 13.0. The van der Waals surface area contributed by atoms with Gasteiger partial charge >= 0.3 is 0 Å². The van der Waals surface area contributed by atoms with E-state index < -0.39 is 6.04 Å². The molecule has 0 radical (unpaired) electrons. The van der Waals surface area contributed by atoms with Gasteiger partial charge in [0.1, 0.15) is 29.1 Å². The Bertz CT molecular complexity index is 3110. The normalized spacial score (nSPS) is 24.1. The van der Waals surface area contributed by atoms with Crippen molar-refractivity contribution in [2.45, 2.75) is 116 Å². The number of aliphatic hydroxyl groups excluding tert-OH is 1. The van der Waals surface area contributed by atoms with Crippen LogP contribution in [0.2, 0.25) is 0 Å². The minimum absolute atomic E-state index is 0.115. The second-order valence-electron chi connectivity index (χ2n) is 21.8. The summed E-state index contributed by atoms with van der Waals surface area (Å²) in [6.45, 7) is 12.6. The molecule has 4 amide bonds. The number of piperidine rings is 2. The van der Waals surface area contributed by atoms with Crippen LogP contribution in [0.1, 0.15) is 101 Å². The van der Waals surface area contributed by atoms with Crippen molar-refractivity contribution < 1.29 is 24.3 Å². The maximum Gasteiger partial charge on any atom is 0.276 e. The summed E-state index contributed by atoms with van der Waals surface area (Å²) in [7, 11) is 1.70. The van der Waals surface area contributed by atoms with Crippen LogP contribution in [0.15, 0.2) is 65.8 Å². The average Bonchev–Trinajstić information content (AvgIpc) is 3.97. The lowest BCUT2D eigenvalue weighted by molar-refractivity contribution is -0.136. The van der Waals surface area contributed by atoms with E-state index in [9.17, 15) is 29.1 Å². The maximum absolute atomic E-state index is 14.0. The largest absolute Gasteiger partial charge is 0.392 e. The number of rotatable bonds is 8. The summed E-state index contributed by atoms with van der Waals surface area (Å²) in [5, 5.41) is 16.5. The first-order chi connectivity index (χ1) is 34.2. The van der Waals surface area contributed by atoms with Gasteiger partial charge in [0.15, 0.2) is 0 Å². The van der Waals surface area contributed by atoms with Crippen LogP contribution in [0.4, 0.5) is 23.0 Å². The van der Waals surface area contributed by atoms with Gasteiger partial charge in [-0.05, 0) is 115 Å². The second-order valence-corrected chi connectivity index (χ2v) is 21.8. The minimum atomic E-state index is -0.611. The number of benzene rings is 1. The average molecular weight is 960 g/mol. The zero-order valence-electron chi connectivity index (χ0n) is 40.9. The number of nitrogens with one attached hydrogen (secondary N) is 2. The number of carbonyl (C=O) groups is 4. The number of amides is 4. The molecule has 3 N–H and O–H groups in total. The molecule has 3 fully saturated rings. The summed E-state index contributed by atoms with van der Waals surface area (Å²) in [5.74, 6) is 0.0538. The lowest BCUT2D eigenvalue weighted by Crippen LogP contribution is -2.58. The number of hydrogen-bond donors (Lipinski definition) is 3. The third-order valence-corrected chi connectivity index (χ3v) is 16.6. The number of pyridine rings is 3. The summed E-state index contributed by atoms with van der Waals surface area (Å²) in [4.78, 5) is 86.0. The summed E-state index contributed by atoms with van der Waals surface area (Å²) in [6, 6.07) is 14.4. The van der Waals surface area contributed by atoms with Crippen molar-refractivity contribution in [3.8, 4) is 11.1 Å². The highest BCUT2D eigenvalue weighted by atomic mass is 16.3. The van der Waals surface area contributed by atoms with Crippen LogP contribution in [0.3, 0.4) is 0 Å². The Morgan fingerprint density at radius 2 is 1.68 bits per heavy atom. The Hall–Kier alpha value is -6.69. The number of piperazine rings is 1. The SMILES string of the molecule is C[C@H]1CN([C@H]2CCN3Cc4cc5c(cc4C[C@@H]3C2)C(=O)N(C2CCC(=O)NC2=O)C5)CCN1c1ccc(Nc2cc(-c3ccnc(N4CCn5c(cc6c5CC(C)(C)C6)C4=O)c3CO)cn(C)c2=O)nc1. The molecular formula is C54H61N11O6. The molecule has 71 heavy (non-hydrogen) atoms.